The molecule has 0 amide bonds. The predicted octanol–water partition coefficient (Wildman–Crippen LogP) is 2.68. The summed E-state index contributed by atoms with van der Waals surface area (Å²) in [4.78, 5) is 0. The summed E-state index contributed by atoms with van der Waals surface area (Å²) in [5, 5.41) is 0. The Hall–Kier alpha value is -1.35. The summed E-state index contributed by atoms with van der Waals surface area (Å²) in [6.45, 7) is 0.244. The molecule has 0 N–H and O–H groups in total. The van der Waals surface area contributed by atoms with Crippen LogP contribution >= 0.6 is 11.6 Å². The highest BCUT2D eigenvalue weighted by atomic mass is 35.5. The van der Waals surface area contributed by atoms with E-state index in [4.69, 9.17) is 25.8 Å². The highest BCUT2D eigenvalue weighted by molar-refractivity contribution is 6.19. The fraction of sp³-hybridized carbons (Fsp3) is 0.273. The summed E-state index contributed by atoms with van der Waals surface area (Å²) in [5.41, 5.74) is 0.983. The van der Waals surface area contributed by atoms with Gasteiger partial charge in [0.2, 0.25) is 12.5 Å². The van der Waals surface area contributed by atoms with E-state index in [1.54, 1.807) is 7.11 Å². The van der Waals surface area contributed by atoms with Crippen LogP contribution in [0.3, 0.4) is 0 Å². The average Bonchev–Trinajstić information content (AvgIpc) is 2.73. The van der Waals surface area contributed by atoms with Crippen LogP contribution in [0.1, 0.15) is 5.56 Å². The summed E-state index contributed by atoms with van der Waals surface area (Å²) < 4.78 is 15.8. The Bertz CT molecular complexity index is 388. The van der Waals surface area contributed by atoms with Gasteiger partial charge in [-0.1, -0.05) is 12.2 Å². The van der Waals surface area contributed by atoms with Crippen molar-refractivity contribution in [2.45, 2.75) is 0 Å². The van der Waals surface area contributed by atoms with Crippen LogP contribution < -0.4 is 14.2 Å². The Labute approximate surface area is 93.2 Å². The Balaban J connectivity index is 2.39. The maximum absolute atomic E-state index is 5.57. The van der Waals surface area contributed by atoms with E-state index in [1.807, 2.05) is 24.3 Å². The van der Waals surface area contributed by atoms with Gasteiger partial charge in [0.05, 0.1) is 7.11 Å². The molecule has 0 fully saturated rings. The van der Waals surface area contributed by atoms with Crippen LogP contribution in [0.25, 0.3) is 6.08 Å². The van der Waals surface area contributed by atoms with E-state index in [-0.39, 0.29) is 6.79 Å². The second kappa shape index (κ2) is 4.45. The quantitative estimate of drug-likeness (QED) is 0.742. The van der Waals surface area contributed by atoms with Crippen molar-refractivity contribution in [2.24, 2.45) is 0 Å². The summed E-state index contributed by atoms with van der Waals surface area (Å²) in [7, 11) is 1.60. The van der Waals surface area contributed by atoms with Crippen molar-refractivity contribution in [3.8, 4) is 17.2 Å². The molecule has 0 radical (unpaired) electrons. The van der Waals surface area contributed by atoms with Crippen LogP contribution in [-0.4, -0.2) is 19.8 Å². The molecule has 4 heteroatoms. The Morgan fingerprint density at radius 3 is 3.07 bits per heavy atom. The van der Waals surface area contributed by atoms with Crippen molar-refractivity contribution in [2.75, 3.05) is 19.8 Å². The summed E-state index contributed by atoms with van der Waals surface area (Å²) in [5.74, 6) is 2.54. The molecule has 0 bridgehead atoms. The van der Waals surface area contributed by atoms with Gasteiger partial charge in [-0.2, -0.15) is 0 Å². The molecule has 1 heterocycles. The van der Waals surface area contributed by atoms with Crippen molar-refractivity contribution in [3.05, 3.63) is 23.8 Å². The number of ether oxygens (including phenoxy) is 3. The van der Waals surface area contributed by atoms with E-state index >= 15 is 0 Å². The standard InChI is InChI=1S/C11H11ClO3/c1-13-9-5-8(3-2-4-12)6-10-11(9)15-7-14-10/h2-3,5-6H,4,7H2,1H3. The second-order valence-corrected chi connectivity index (χ2v) is 3.32. The third kappa shape index (κ3) is 2.02. The van der Waals surface area contributed by atoms with Gasteiger partial charge in [-0.05, 0) is 17.7 Å². The van der Waals surface area contributed by atoms with Crippen molar-refractivity contribution < 1.29 is 14.2 Å². The van der Waals surface area contributed by atoms with Crippen molar-refractivity contribution in [1.82, 2.24) is 0 Å². The van der Waals surface area contributed by atoms with Gasteiger partial charge >= 0.3 is 0 Å². The summed E-state index contributed by atoms with van der Waals surface area (Å²) in [6, 6.07) is 3.78. The van der Waals surface area contributed by atoms with Crippen molar-refractivity contribution >= 4 is 17.7 Å². The Kier molecular flexibility index (Phi) is 3.02. The van der Waals surface area contributed by atoms with Crippen LogP contribution in [0.5, 0.6) is 17.2 Å². The molecule has 15 heavy (non-hydrogen) atoms. The lowest BCUT2D eigenvalue weighted by atomic mass is 10.1. The summed E-state index contributed by atoms with van der Waals surface area (Å²) in [6.07, 6.45) is 3.77. The van der Waals surface area contributed by atoms with Gasteiger partial charge < -0.3 is 14.2 Å². The molecule has 1 aromatic carbocycles. The maximum Gasteiger partial charge on any atom is 0.231 e. The third-order valence-electron chi connectivity index (χ3n) is 2.08. The van der Waals surface area contributed by atoms with Gasteiger partial charge in [-0.25, -0.2) is 0 Å². The first-order valence-electron chi connectivity index (χ1n) is 4.55. The first kappa shape index (κ1) is 10.2. The maximum atomic E-state index is 5.57. The molecule has 1 aromatic rings. The van der Waals surface area contributed by atoms with Crippen molar-refractivity contribution in [1.29, 1.82) is 0 Å². The zero-order valence-corrected chi connectivity index (χ0v) is 9.08. The summed E-state index contributed by atoms with van der Waals surface area (Å²) >= 11 is 5.57. The highest BCUT2D eigenvalue weighted by Crippen LogP contribution is 2.41. The topological polar surface area (TPSA) is 27.7 Å². The predicted molar refractivity (Wildman–Crippen MR) is 58.9 cm³/mol. The lowest BCUT2D eigenvalue weighted by Gasteiger charge is -2.05. The van der Waals surface area contributed by atoms with Crippen molar-refractivity contribution in [3.63, 3.8) is 0 Å². The highest BCUT2D eigenvalue weighted by Gasteiger charge is 2.19. The number of alkyl halides is 1. The Morgan fingerprint density at radius 2 is 2.33 bits per heavy atom. The van der Waals surface area contributed by atoms with Gasteiger partial charge in [0.15, 0.2) is 11.5 Å². The van der Waals surface area contributed by atoms with E-state index in [0.29, 0.717) is 23.1 Å². The minimum absolute atomic E-state index is 0.244. The minimum Gasteiger partial charge on any atom is -0.493 e. The van der Waals surface area contributed by atoms with E-state index in [9.17, 15) is 0 Å². The minimum atomic E-state index is 0.244. The second-order valence-electron chi connectivity index (χ2n) is 3.01. The first-order valence-corrected chi connectivity index (χ1v) is 5.08. The zero-order valence-electron chi connectivity index (χ0n) is 8.33. The van der Waals surface area contributed by atoms with Crippen LogP contribution in [0.15, 0.2) is 18.2 Å². The van der Waals surface area contributed by atoms with Crippen LogP contribution in [0.4, 0.5) is 0 Å². The van der Waals surface area contributed by atoms with Crippen LogP contribution in [-0.2, 0) is 0 Å². The van der Waals surface area contributed by atoms with Gasteiger partial charge in [0, 0.05) is 5.88 Å². The normalized spacial score (nSPS) is 13.5. The Morgan fingerprint density at radius 1 is 1.47 bits per heavy atom. The molecular formula is C11H11ClO3. The molecule has 1 aliphatic heterocycles. The lowest BCUT2D eigenvalue weighted by Crippen LogP contribution is -1.93. The molecule has 2 rings (SSSR count). The van der Waals surface area contributed by atoms with E-state index < -0.39 is 0 Å². The number of allylic oxidation sites excluding steroid dienone is 1. The van der Waals surface area contributed by atoms with Gasteiger partial charge in [0.25, 0.3) is 0 Å². The van der Waals surface area contributed by atoms with Gasteiger partial charge in [-0.3, -0.25) is 0 Å². The molecule has 3 nitrogen and oxygen atoms in total. The van der Waals surface area contributed by atoms with E-state index in [1.165, 1.54) is 0 Å². The molecule has 0 spiro atoms. The van der Waals surface area contributed by atoms with Crippen LogP contribution in [0, 0.1) is 0 Å². The number of hydrogen-bond acceptors (Lipinski definition) is 3. The molecule has 0 atom stereocenters. The zero-order chi connectivity index (χ0) is 10.7. The van der Waals surface area contributed by atoms with Crippen LogP contribution in [0.2, 0.25) is 0 Å². The third-order valence-corrected chi connectivity index (χ3v) is 2.26. The fourth-order valence-corrected chi connectivity index (χ4v) is 1.52. The lowest BCUT2D eigenvalue weighted by molar-refractivity contribution is 0.171. The van der Waals surface area contributed by atoms with E-state index in [0.717, 1.165) is 5.56 Å². The molecule has 0 unspecified atom stereocenters. The molecule has 0 saturated carbocycles. The molecule has 0 saturated heterocycles. The molecule has 1 aliphatic rings. The number of halogens is 1. The molecule has 80 valence electrons. The monoisotopic (exact) mass is 226 g/mol. The fourth-order valence-electron chi connectivity index (χ4n) is 1.43. The first-order chi connectivity index (χ1) is 7.35. The average molecular weight is 227 g/mol. The van der Waals surface area contributed by atoms with Gasteiger partial charge in [-0.15, -0.1) is 11.6 Å². The van der Waals surface area contributed by atoms with E-state index in [2.05, 4.69) is 0 Å². The molecule has 0 aliphatic carbocycles. The number of methoxy groups -OCH3 is 1. The largest absolute Gasteiger partial charge is 0.493 e. The molecular weight excluding hydrogens is 216 g/mol. The molecule has 0 aromatic heterocycles. The number of hydrogen-bond donors (Lipinski definition) is 0. The number of rotatable bonds is 3. The number of fused-ring (bicyclic) bond motifs is 1. The SMILES string of the molecule is COc1cc(C=CCCl)cc2c1OCO2. The number of benzene rings is 1. The smallest absolute Gasteiger partial charge is 0.231 e. The van der Waals surface area contributed by atoms with Gasteiger partial charge in [0.1, 0.15) is 0 Å².